The molecular weight excluding hydrogens is 196 g/mol. The van der Waals surface area contributed by atoms with Crippen molar-refractivity contribution in [2.24, 2.45) is 0 Å². The van der Waals surface area contributed by atoms with Crippen LogP contribution in [0.25, 0.3) is 0 Å². The van der Waals surface area contributed by atoms with Gasteiger partial charge in [-0.05, 0) is 36.0 Å². The van der Waals surface area contributed by atoms with Crippen LogP contribution >= 0.6 is 0 Å². The van der Waals surface area contributed by atoms with Crippen LogP contribution in [0.15, 0.2) is 29.2 Å². The van der Waals surface area contributed by atoms with Gasteiger partial charge in [-0.15, -0.1) is 0 Å². The molecule has 0 aliphatic heterocycles. The van der Waals surface area contributed by atoms with E-state index in [1.54, 1.807) is 12.1 Å². The van der Waals surface area contributed by atoms with E-state index in [4.69, 9.17) is 0 Å². The van der Waals surface area contributed by atoms with Crippen molar-refractivity contribution in [3.8, 4) is 0 Å². The van der Waals surface area contributed by atoms with E-state index in [1.807, 2.05) is 12.1 Å². The first-order valence-corrected chi connectivity index (χ1v) is 6.62. The zero-order valence-electron chi connectivity index (χ0n) is 8.45. The van der Waals surface area contributed by atoms with Gasteiger partial charge in [0.25, 0.3) is 0 Å². The third-order valence-corrected chi connectivity index (χ3v) is 4.11. The van der Waals surface area contributed by atoms with Crippen molar-refractivity contribution in [1.29, 1.82) is 0 Å². The average molecular weight is 210 g/mol. The van der Waals surface area contributed by atoms with Gasteiger partial charge in [0.15, 0.2) is 9.84 Å². The van der Waals surface area contributed by atoms with Gasteiger partial charge in [0.05, 0.1) is 4.90 Å². The SMILES string of the molecule is CC1(c2ccc(S(C)(=O)=O)cc2)CC1. The fourth-order valence-corrected chi connectivity index (χ4v) is 2.21. The predicted molar refractivity (Wildman–Crippen MR) is 56.1 cm³/mol. The van der Waals surface area contributed by atoms with E-state index < -0.39 is 9.84 Å². The molecule has 2 rings (SSSR count). The molecule has 0 atom stereocenters. The van der Waals surface area contributed by atoms with Gasteiger partial charge in [-0.1, -0.05) is 19.1 Å². The van der Waals surface area contributed by atoms with Gasteiger partial charge < -0.3 is 0 Å². The summed E-state index contributed by atoms with van der Waals surface area (Å²) in [6.45, 7) is 2.21. The highest BCUT2D eigenvalue weighted by molar-refractivity contribution is 7.90. The lowest BCUT2D eigenvalue weighted by Crippen LogP contribution is -2.01. The van der Waals surface area contributed by atoms with Crippen LogP contribution in [0.3, 0.4) is 0 Å². The van der Waals surface area contributed by atoms with Crippen molar-refractivity contribution < 1.29 is 8.42 Å². The molecule has 0 heterocycles. The minimum Gasteiger partial charge on any atom is -0.224 e. The number of hydrogen-bond acceptors (Lipinski definition) is 2. The Bertz CT molecular complexity index is 439. The van der Waals surface area contributed by atoms with Crippen LogP contribution in [0, 0.1) is 0 Å². The van der Waals surface area contributed by atoms with E-state index in [-0.39, 0.29) is 0 Å². The van der Waals surface area contributed by atoms with Crippen molar-refractivity contribution in [1.82, 2.24) is 0 Å². The Hall–Kier alpha value is -0.830. The lowest BCUT2D eigenvalue weighted by atomic mass is 9.99. The molecule has 0 amide bonds. The second-order valence-electron chi connectivity index (χ2n) is 4.36. The van der Waals surface area contributed by atoms with Crippen molar-refractivity contribution in [2.45, 2.75) is 30.1 Å². The Labute approximate surface area is 84.9 Å². The van der Waals surface area contributed by atoms with Gasteiger partial charge in [-0.25, -0.2) is 8.42 Å². The fraction of sp³-hybridized carbons (Fsp3) is 0.455. The maximum absolute atomic E-state index is 11.2. The summed E-state index contributed by atoms with van der Waals surface area (Å²) in [6, 6.07) is 7.27. The Morgan fingerprint density at radius 1 is 1.14 bits per heavy atom. The lowest BCUT2D eigenvalue weighted by Gasteiger charge is -2.08. The van der Waals surface area contributed by atoms with Crippen LogP contribution in [0.2, 0.25) is 0 Å². The van der Waals surface area contributed by atoms with Gasteiger partial charge in [-0.3, -0.25) is 0 Å². The summed E-state index contributed by atoms with van der Waals surface area (Å²) in [5, 5.41) is 0. The average Bonchev–Trinajstić information content (AvgIpc) is 2.84. The molecule has 0 aromatic heterocycles. The smallest absolute Gasteiger partial charge is 0.175 e. The van der Waals surface area contributed by atoms with Crippen LogP contribution < -0.4 is 0 Å². The normalized spacial score (nSPS) is 19.3. The molecule has 76 valence electrons. The first-order valence-electron chi connectivity index (χ1n) is 4.72. The van der Waals surface area contributed by atoms with E-state index in [2.05, 4.69) is 6.92 Å². The largest absolute Gasteiger partial charge is 0.224 e. The quantitative estimate of drug-likeness (QED) is 0.749. The third-order valence-electron chi connectivity index (χ3n) is 2.98. The Kier molecular flexibility index (Phi) is 1.96. The van der Waals surface area contributed by atoms with E-state index in [0.717, 1.165) is 0 Å². The van der Waals surface area contributed by atoms with Gasteiger partial charge in [0, 0.05) is 6.26 Å². The van der Waals surface area contributed by atoms with Crippen LogP contribution in [0.1, 0.15) is 25.3 Å². The monoisotopic (exact) mass is 210 g/mol. The molecular formula is C11H14O2S. The summed E-state index contributed by atoms with van der Waals surface area (Å²) in [4.78, 5) is 0.408. The third kappa shape index (κ3) is 1.69. The maximum Gasteiger partial charge on any atom is 0.175 e. The molecule has 3 heteroatoms. The summed E-state index contributed by atoms with van der Waals surface area (Å²) in [5.41, 5.74) is 1.57. The predicted octanol–water partition coefficient (Wildman–Crippen LogP) is 2.14. The van der Waals surface area contributed by atoms with Crippen LogP contribution in [0.4, 0.5) is 0 Å². The summed E-state index contributed by atoms with van der Waals surface area (Å²) < 4.78 is 22.4. The van der Waals surface area contributed by atoms with Crippen molar-refractivity contribution in [3.63, 3.8) is 0 Å². The fourth-order valence-electron chi connectivity index (χ4n) is 1.58. The summed E-state index contributed by atoms with van der Waals surface area (Å²) in [6.07, 6.45) is 3.66. The standard InChI is InChI=1S/C11H14O2S/c1-11(7-8-11)9-3-5-10(6-4-9)14(2,12)13/h3-6H,7-8H2,1-2H3. The zero-order valence-corrected chi connectivity index (χ0v) is 9.26. The molecule has 14 heavy (non-hydrogen) atoms. The molecule has 0 unspecified atom stereocenters. The minimum atomic E-state index is -3.04. The highest BCUT2D eigenvalue weighted by Gasteiger charge is 2.38. The van der Waals surface area contributed by atoms with Crippen molar-refractivity contribution in [2.75, 3.05) is 6.26 Å². The van der Waals surface area contributed by atoms with Gasteiger partial charge in [-0.2, -0.15) is 0 Å². The van der Waals surface area contributed by atoms with E-state index in [1.165, 1.54) is 24.7 Å². The molecule has 0 bridgehead atoms. The molecule has 1 fully saturated rings. The molecule has 0 N–H and O–H groups in total. The van der Waals surface area contributed by atoms with E-state index in [9.17, 15) is 8.42 Å². The summed E-state index contributed by atoms with van der Waals surface area (Å²) in [5.74, 6) is 0. The van der Waals surface area contributed by atoms with Gasteiger partial charge in [0.1, 0.15) is 0 Å². The molecule has 1 aromatic rings. The molecule has 0 saturated heterocycles. The first-order chi connectivity index (χ1) is 6.42. The van der Waals surface area contributed by atoms with Crippen LogP contribution in [-0.4, -0.2) is 14.7 Å². The zero-order chi connectivity index (χ0) is 10.4. The highest BCUT2D eigenvalue weighted by Crippen LogP contribution is 2.47. The van der Waals surface area contributed by atoms with Crippen LogP contribution in [-0.2, 0) is 15.3 Å². The minimum absolute atomic E-state index is 0.316. The Morgan fingerprint density at radius 2 is 1.64 bits per heavy atom. The second-order valence-corrected chi connectivity index (χ2v) is 6.37. The first kappa shape index (κ1) is 9.71. The van der Waals surface area contributed by atoms with Crippen molar-refractivity contribution >= 4 is 9.84 Å². The molecule has 1 aromatic carbocycles. The number of sulfone groups is 1. The highest BCUT2D eigenvalue weighted by atomic mass is 32.2. The Morgan fingerprint density at radius 3 is 2.00 bits per heavy atom. The molecule has 2 nitrogen and oxygen atoms in total. The Balaban J connectivity index is 2.36. The number of hydrogen-bond donors (Lipinski definition) is 0. The molecule has 0 spiro atoms. The molecule has 0 radical (unpaired) electrons. The number of rotatable bonds is 2. The van der Waals surface area contributed by atoms with Crippen molar-refractivity contribution in [3.05, 3.63) is 29.8 Å². The summed E-state index contributed by atoms with van der Waals surface area (Å²) >= 11 is 0. The second kappa shape index (κ2) is 2.83. The topological polar surface area (TPSA) is 34.1 Å². The molecule has 1 saturated carbocycles. The lowest BCUT2D eigenvalue weighted by molar-refractivity contribution is 0.601. The van der Waals surface area contributed by atoms with E-state index in [0.29, 0.717) is 10.3 Å². The van der Waals surface area contributed by atoms with Gasteiger partial charge >= 0.3 is 0 Å². The maximum atomic E-state index is 11.2. The van der Waals surface area contributed by atoms with E-state index >= 15 is 0 Å². The molecule has 1 aliphatic carbocycles. The van der Waals surface area contributed by atoms with Crippen LogP contribution in [0.5, 0.6) is 0 Å². The summed E-state index contributed by atoms with van der Waals surface area (Å²) in [7, 11) is -3.04. The molecule has 1 aliphatic rings. The van der Waals surface area contributed by atoms with Gasteiger partial charge in [0.2, 0.25) is 0 Å². The number of benzene rings is 1.